The average Bonchev–Trinajstić information content (AvgIpc) is 3.26. The van der Waals surface area contributed by atoms with Crippen LogP contribution in [-0.4, -0.2) is 114 Å². The van der Waals surface area contributed by atoms with Gasteiger partial charge >= 0.3 is 29.8 Å². The van der Waals surface area contributed by atoms with E-state index in [0.717, 1.165) is 0 Å². The Hall–Kier alpha value is -6.23. The molecular formula is C50H97BrN10O17. The normalized spacial score (nSPS) is 11.3. The van der Waals surface area contributed by atoms with Gasteiger partial charge in [-0.2, -0.15) is 0 Å². The number of hydrazine groups is 3. The van der Waals surface area contributed by atoms with Crippen molar-refractivity contribution in [3.05, 3.63) is 12.2 Å². The van der Waals surface area contributed by atoms with Crippen LogP contribution in [0.1, 0.15) is 171 Å². The minimum Gasteiger partial charge on any atom is -0.481 e. The molecule has 0 heterocycles. The number of nitrogens with two attached hydrogens (primary N) is 4. The van der Waals surface area contributed by atoms with Gasteiger partial charge in [-0.15, -0.1) is 0 Å². The van der Waals surface area contributed by atoms with Gasteiger partial charge in [-0.1, -0.05) is 133 Å². The molecule has 0 aliphatic carbocycles. The standard InChI is InChI=1S/C7H13BrO2.C7H13NO3.C7H13NO2.C7H12O3.C6H12N2O2.C6H12N2O.C5H13N3O.C5H9NO3/c1-4(2)6(8)5(3)7(9)10;1-7(2,3)5(9)4-6(10)8-11;1-7(2,3)5(9)4-6(8)10;1-7(2,3)5(8)4-6(9)10;1-4(2)5(9)3-6(10)8-7;1-5(2)3-4-6(9)8-7;1-5(2,3)7-4(9)8-6;1-3(2)6-4(7)5(8)9/h4-6H,1-3H3,(H,9,10);11H,4H2,1-3H3,(H,8,10);4H2,1-3H3,(H2,8,10);4H2,1-3H3,(H,9,10);4H,3,7H2,1-2H3,(H,8,10);3-5H,7H2,1-2H3,(H,8,9);6H2,1-3H3,(H2,7,8,9);3H,1-2H3,(H,6,7)(H,8,9)/b;;;;;4-3+;;. The number of urea groups is 1. The molecule has 0 bridgehead atoms. The summed E-state index contributed by atoms with van der Waals surface area (Å²) < 4.78 is 0. The van der Waals surface area contributed by atoms with Crippen LogP contribution in [0.4, 0.5) is 4.79 Å². The third-order valence-electron chi connectivity index (χ3n) is 8.25. The lowest BCUT2D eigenvalue weighted by atomic mass is 9.89. The van der Waals surface area contributed by atoms with Crippen LogP contribution in [0.3, 0.4) is 0 Å². The number of Topliss-reactive ketones (excluding diaryl/α,β-unsaturated/α-hetero) is 4. The Labute approximate surface area is 469 Å². The number of carbonyl (C=O) groups excluding carboxylic acids is 10. The molecule has 0 radical (unpaired) electrons. The van der Waals surface area contributed by atoms with Gasteiger partial charge in [0.2, 0.25) is 11.8 Å². The van der Waals surface area contributed by atoms with Gasteiger partial charge < -0.3 is 31.7 Å². The third-order valence-corrected chi connectivity index (χ3v) is 10.1. The van der Waals surface area contributed by atoms with E-state index in [1.807, 2.05) is 64.7 Å². The highest BCUT2D eigenvalue weighted by atomic mass is 79.9. The number of ketones is 4. The van der Waals surface area contributed by atoms with Crippen molar-refractivity contribution in [1.29, 1.82) is 0 Å². The van der Waals surface area contributed by atoms with Crippen LogP contribution in [0.5, 0.6) is 0 Å². The first-order valence-electron chi connectivity index (χ1n) is 24.2. The minimum absolute atomic E-state index is 0.0741. The Balaban J connectivity index is -0.000000120. The highest BCUT2D eigenvalue weighted by molar-refractivity contribution is 9.09. The number of carboxylic acids is 3. The number of hydroxylamine groups is 1. The maximum absolute atomic E-state index is 11.1. The number of carbonyl (C=O) groups is 13. The maximum Gasteiger partial charge on any atom is 0.394 e. The zero-order chi connectivity index (χ0) is 64.5. The van der Waals surface area contributed by atoms with E-state index in [9.17, 15) is 62.3 Å². The second-order valence-electron chi connectivity index (χ2n) is 22.0. The summed E-state index contributed by atoms with van der Waals surface area (Å²) in [4.78, 5) is 136. The molecule has 0 rings (SSSR count). The van der Waals surface area contributed by atoms with Crippen LogP contribution in [-0.2, 0) is 57.5 Å². The zero-order valence-corrected chi connectivity index (χ0v) is 51.3. The van der Waals surface area contributed by atoms with Crippen molar-refractivity contribution < 1.29 is 82.9 Å². The van der Waals surface area contributed by atoms with Crippen LogP contribution in [0.2, 0.25) is 0 Å². The Morgan fingerprint density at radius 2 is 0.962 bits per heavy atom. The molecular weight excluding hydrogens is 1090 g/mol. The number of amides is 7. The van der Waals surface area contributed by atoms with E-state index in [1.165, 1.54) is 11.6 Å². The number of alkyl halides is 1. The molecule has 0 spiro atoms. The molecule has 456 valence electrons. The predicted molar refractivity (Wildman–Crippen MR) is 298 cm³/mol. The van der Waals surface area contributed by atoms with Crippen LogP contribution < -0.4 is 55.7 Å². The van der Waals surface area contributed by atoms with E-state index in [0.29, 0.717) is 11.8 Å². The van der Waals surface area contributed by atoms with Gasteiger partial charge in [0.05, 0.1) is 25.2 Å². The molecule has 0 saturated carbocycles. The predicted octanol–water partition coefficient (Wildman–Crippen LogP) is 3.51. The summed E-state index contributed by atoms with van der Waals surface area (Å²) >= 11 is 3.33. The van der Waals surface area contributed by atoms with E-state index >= 15 is 0 Å². The number of allylic oxidation sites excluding steroid dienone is 1. The molecule has 0 fully saturated rings. The molecule has 0 aliphatic rings. The fraction of sp³-hybridized carbons (Fsp3) is 0.700. The molecule has 0 saturated heterocycles. The number of hydrogen-bond acceptors (Lipinski definition) is 17. The molecule has 0 aromatic rings. The average molecular weight is 1190 g/mol. The number of halogens is 1. The van der Waals surface area contributed by atoms with Crippen molar-refractivity contribution in [3.8, 4) is 0 Å². The van der Waals surface area contributed by atoms with Gasteiger partial charge in [-0.05, 0) is 46.5 Å². The summed E-state index contributed by atoms with van der Waals surface area (Å²) in [5.74, 6) is 8.01. The molecule has 78 heavy (non-hydrogen) atoms. The van der Waals surface area contributed by atoms with Crippen molar-refractivity contribution in [2.45, 2.75) is 187 Å². The maximum atomic E-state index is 11.1. The van der Waals surface area contributed by atoms with Crippen molar-refractivity contribution in [3.63, 3.8) is 0 Å². The SMILES string of the molecule is CC(C)(C)C(=O)CC(=O)NO.CC(C)(C)C(=O)CC(=O)O.CC(C)(C)C(=O)CC(N)=O.CC(C)(C)NC(=O)NN.CC(C)/C=C/C(=O)NN.CC(C)C(=O)CC(=O)NN.CC(C)C(Br)C(C)C(=O)O.CC(C)NC(=O)C(=O)O. The second kappa shape index (κ2) is 45.8. The topological polar surface area (TPSA) is 479 Å². The molecule has 2 atom stereocenters. The Morgan fingerprint density at radius 1 is 0.564 bits per heavy atom. The largest absolute Gasteiger partial charge is 0.481 e. The molecule has 7 amide bonds. The van der Waals surface area contributed by atoms with Gasteiger partial charge in [-0.3, -0.25) is 74.2 Å². The second-order valence-corrected chi connectivity index (χ2v) is 23.1. The first-order valence-corrected chi connectivity index (χ1v) is 25.1. The summed E-state index contributed by atoms with van der Waals surface area (Å²) in [5, 5.41) is 37.7. The fourth-order valence-electron chi connectivity index (χ4n) is 3.43. The highest BCUT2D eigenvalue weighted by Gasteiger charge is 2.25. The van der Waals surface area contributed by atoms with Crippen LogP contribution in [0.15, 0.2) is 12.2 Å². The summed E-state index contributed by atoms with van der Waals surface area (Å²) in [6.45, 7) is 37.8. The van der Waals surface area contributed by atoms with Crippen LogP contribution >= 0.6 is 15.9 Å². The Morgan fingerprint density at radius 3 is 1.14 bits per heavy atom. The number of nitrogens with one attached hydrogen (secondary N) is 6. The molecule has 0 aromatic heterocycles. The smallest absolute Gasteiger partial charge is 0.394 e. The lowest BCUT2D eigenvalue weighted by Crippen LogP contribution is -2.48. The lowest BCUT2D eigenvalue weighted by Gasteiger charge is -2.19. The number of aliphatic carboxylic acids is 3. The molecule has 2 unspecified atom stereocenters. The Bertz CT molecular complexity index is 1880. The summed E-state index contributed by atoms with van der Waals surface area (Å²) in [7, 11) is 0. The van der Waals surface area contributed by atoms with Crippen molar-refractivity contribution in [2.75, 3.05) is 0 Å². The summed E-state index contributed by atoms with van der Waals surface area (Å²) in [5.41, 5.74) is 10.4. The fourth-order valence-corrected chi connectivity index (χ4v) is 3.66. The van der Waals surface area contributed by atoms with Crippen LogP contribution in [0, 0.1) is 39.9 Å². The molecule has 0 aliphatic heterocycles. The van der Waals surface area contributed by atoms with Gasteiger partial charge in [0, 0.05) is 44.6 Å². The van der Waals surface area contributed by atoms with E-state index in [-0.39, 0.29) is 89.0 Å². The molecule has 27 nitrogen and oxygen atoms in total. The third kappa shape index (κ3) is 67.8. The molecule has 28 heteroatoms. The van der Waals surface area contributed by atoms with E-state index in [2.05, 4.69) is 26.6 Å². The van der Waals surface area contributed by atoms with Crippen molar-refractivity contribution >= 4 is 92.5 Å². The lowest BCUT2D eigenvalue weighted by molar-refractivity contribution is -0.150. The summed E-state index contributed by atoms with van der Waals surface area (Å²) in [6, 6.07) is -0.476. The van der Waals surface area contributed by atoms with E-state index < -0.39 is 57.8 Å². The van der Waals surface area contributed by atoms with E-state index in [4.69, 9.17) is 43.8 Å². The van der Waals surface area contributed by atoms with Crippen LogP contribution in [0.25, 0.3) is 0 Å². The Kier molecular flexibility index (Phi) is 51.9. The zero-order valence-electron chi connectivity index (χ0n) is 49.7. The van der Waals surface area contributed by atoms with Gasteiger partial charge in [-0.25, -0.2) is 32.6 Å². The number of hydrogen-bond donors (Lipinski definition) is 14. The number of primary amides is 1. The first-order chi connectivity index (χ1) is 34.7. The summed E-state index contributed by atoms with van der Waals surface area (Å²) in [6.07, 6.45) is 2.30. The first kappa shape index (κ1) is 88.4. The van der Waals surface area contributed by atoms with E-state index in [1.54, 1.807) is 103 Å². The van der Waals surface area contributed by atoms with Crippen molar-refractivity contribution in [2.24, 2.45) is 63.2 Å². The monoisotopic (exact) mass is 1190 g/mol. The van der Waals surface area contributed by atoms with Gasteiger partial charge in [0.25, 0.3) is 11.8 Å². The molecule has 18 N–H and O–H groups in total. The van der Waals surface area contributed by atoms with Gasteiger partial charge in [0.1, 0.15) is 29.6 Å². The van der Waals surface area contributed by atoms with Gasteiger partial charge in [0.15, 0.2) is 0 Å². The minimum atomic E-state index is -1.44. The van der Waals surface area contributed by atoms with Crippen molar-refractivity contribution in [1.82, 2.24) is 32.4 Å². The molecule has 0 aromatic carbocycles. The number of rotatable bonds is 15. The number of carboxylic acid groups (broad SMARTS) is 3. The quantitative estimate of drug-likeness (QED) is 0.0163. The highest BCUT2D eigenvalue weighted by Crippen LogP contribution is 2.21.